The summed E-state index contributed by atoms with van der Waals surface area (Å²) in [6, 6.07) is 3.40. The van der Waals surface area contributed by atoms with Crippen LogP contribution < -0.4 is 4.74 Å². The number of carbonyl (C=O) groups is 1. The monoisotopic (exact) mass is 323 g/mol. The van der Waals surface area contributed by atoms with Crippen LogP contribution in [0, 0.1) is 0 Å². The largest absolute Gasteiger partial charge is 0.492 e. The van der Waals surface area contributed by atoms with Gasteiger partial charge >= 0.3 is 0 Å². The fourth-order valence-corrected chi connectivity index (χ4v) is 1.15. The van der Waals surface area contributed by atoms with Crippen LogP contribution in [0.5, 0.6) is 5.75 Å². The Morgan fingerprint density at radius 2 is 2.29 bits per heavy atom. The van der Waals surface area contributed by atoms with Gasteiger partial charge in [0.15, 0.2) is 5.78 Å². The van der Waals surface area contributed by atoms with E-state index >= 15 is 0 Å². The first kappa shape index (κ1) is 13.6. The summed E-state index contributed by atoms with van der Waals surface area (Å²) < 4.78 is 5.19. The van der Waals surface area contributed by atoms with Crippen LogP contribution in [0.4, 0.5) is 0 Å². The van der Waals surface area contributed by atoms with E-state index in [1.807, 2.05) is 6.92 Å². The van der Waals surface area contributed by atoms with Crippen molar-refractivity contribution >= 4 is 38.7 Å². The van der Waals surface area contributed by atoms with Crippen LogP contribution in [0.3, 0.4) is 0 Å². The number of aromatic nitrogens is 1. The van der Waals surface area contributed by atoms with Gasteiger partial charge < -0.3 is 4.74 Å². The van der Waals surface area contributed by atoms with Gasteiger partial charge in [0.1, 0.15) is 11.4 Å². The van der Waals surface area contributed by atoms with Crippen molar-refractivity contribution in [1.29, 1.82) is 0 Å². The minimum absolute atomic E-state index is 0. The molecule has 1 rings (SSSR count). The SMILES string of the molecule is Br.CCOc1ccc(C(=O)CBr)nc1. The van der Waals surface area contributed by atoms with E-state index in [0.29, 0.717) is 23.4 Å². The summed E-state index contributed by atoms with van der Waals surface area (Å²) in [4.78, 5) is 15.1. The van der Waals surface area contributed by atoms with Crippen LogP contribution in [0.2, 0.25) is 0 Å². The molecule has 0 amide bonds. The Morgan fingerprint density at radius 1 is 1.57 bits per heavy atom. The number of carbonyl (C=O) groups excluding carboxylic acids is 1. The molecule has 0 unspecified atom stereocenters. The molecule has 0 radical (unpaired) electrons. The van der Waals surface area contributed by atoms with Crippen molar-refractivity contribution in [2.45, 2.75) is 6.92 Å². The third-order valence-corrected chi connectivity index (χ3v) is 1.96. The first-order valence-electron chi connectivity index (χ1n) is 3.96. The number of alkyl halides is 1. The van der Waals surface area contributed by atoms with E-state index in [1.54, 1.807) is 18.3 Å². The number of rotatable bonds is 4. The maximum absolute atomic E-state index is 11.1. The minimum Gasteiger partial charge on any atom is -0.492 e. The second kappa shape index (κ2) is 6.95. The molecule has 0 aromatic carbocycles. The van der Waals surface area contributed by atoms with E-state index in [9.17, 15) is 4.79 Å². The standard InChI is InChI=1S/C9H10BrNO2.BrH/c1-2-13-7-3-4-8(11-6-7)9(12)5-10;/h3-4,6H,2,5H2,1H3;1H. The van der Waals surface area contributed by atoms with Crippen molar-refractivity contribution in [3.05, 3.63) is 24.0 Å². The van der Waals surface area contributed by atoms with Crippen LogP contribution in [0.15, 0.2) is 18.3 Å². The van der Waals surface area contributed by atoms with Crippen LogP contribution in [-0.4, -0.2) is 22.7 Å². The molecule has 1 aromatic heterocycles. The average Bonchev–Trinajstić information content (AvgIpc) is 2.18. The quantitative estimate of drug-likeness (QED) is 0.631. The Bertz CT molecular complexity index is 287. The van der Waals surface area contributed by atoms with E-state index in [1.165, 1.54) is 0 Å². The Morgan fingerprint density at radius 3 is 2.71 bits per heavy atom. The zero-order valence-corrected chi connectivity index (χ0v) is 11.0. The number of hydrogen-bond acceptors (Lipinski definition) is 3. The summed E-state index contributed by atoms with van der Waals surface area (Å²) in [6.45, 7) is 2.50. The number of hydrogen-bond donors (Lipinski definition) is 0. The third kappa shape index (κ3) is 3.75. The lowest BCUT2D eigenvalue weighted by molar-refractivity contribution is 0.101. The fourth-order valence-electron chi connectivity index (χ4n) is 0.866. The van der Waals surface area contributed by atoms with Gasteiger partial charge in [-0.15, -0.1) is 17.0 Å². The number of halogens is 2. The topological polar surface area (TPSA) is 39.2 Å². The molecule has 0 aliphatic rings. The summed E-state index contributed by atoms with van der Waals surface area (Å²) in [6.07, 6.45) is 1.55. The van der Waals surface area contributed by atoms with E-state index in [0.717, 1.165) is 0 Å². The van der Waals surface area contributed by atoms with Gasteiger partial charge in [0.25, 0.3) is 0 Å². The van der Waals surface area contributed by atoms with E-state index in [4.69, 9.17) is 4.74 Å². The maximum Gasteiger partial charge on any atom is 0.191 e. The molecule has 0 aliphatic carbocycles. The van der Waals surface area contributed by atoms with Gasteiger partial charge in [-0.3, -0.25) is 4.79 Å². The molecule has 0 spiro atoms. The highest BCUT2D eigenvalue weighted by Crippen LogP contribution is 2.09. The van der Waals surface area contributed by atoms with Gasteiger partial charge in [-0.1, -0.05) is 15.9 Å². The highest BCUT2D eigenvalue weighted by molar-refractivity contribution is 9.09. The normalized spacial score (nSPS) is 9.00. The minimum atomic E-state index is -0.0250. The first-order valence-corrected chi connectivity index (χ1v) is 5.08. The van der Waals surface area contributed by atoms with Crippen molar-refractivity contribution < 1.29 is 9.53 Å². The molecule has 78 valence electrons. The molecule has 0 fully saturated rings. The van der Waals surface area contributed by atoms with Crippen molar-refractivity contribution in [3.63, 3.8) is 0 Å². The van der Waals surface area contributed by atoms with Crippen LogP contribution in [0.1, 0.15) is 17.4 Å². The molecule has 1 aromatic rings. The van der Waals surface area contributed by atoms with Gasteiger partial charge in [0.05, 0.1) is 18.1 Å². The summed E-state index contributed by atoms with van der Waals surface area (Å²) in [5, 5.41) is 0.300. The van der Waals surface area contributed by atoms with Gasteiger partial charge in [-0.25, -0.2) is 4.98 Å². The van der Waals surface area contributed by atoms with Crippen molar-refractivity contribution in [1.82, 2.24) is 4.98 Å². The zero-order valence-electron chi connectivity index (χ0n) is 7.70. The molecule has 0 atom stereocenters. The Kier molecular flexibility index (Phi) is 6.74. The molecule has 0 aliphatic heterocycles. The Hall–Kier alpha value is -0.420. The average molecular weight is 325 g/mol. The van der Waals surface area contributed by atoms with Crippen molar-refractivity contribution in [2.24, 2.45) is 0 Å². The fraction of sp³-hybridized carbons (Fsp3) is 0.333. The number of Topliss-reactive ketones (excluding diaryl/α,β-unsaturated/α-hetero) is 1. The van der Waals surface area contributed by atoms with Crippen molar-refractivity contribution in [2.75, 3.05) is 11.9 Å². The molecule has 0 saturated carbocycles. The number of ether oxygens (including phenoxy) is 1. The highest BCUT2D eigenvalue weighted by Gasteiger charge is 2.04. The van der Waals surface area contributed by atoms with Gasteiger partial charge in [0.2, 0.25) is 0 Å². The molecule has 3 nitrogen and oxygen atoms in total. The van der Waals surface area contributed by atoms with E-state index in [-0.39, 0.29) is 22.8 Å². The van der Waals surface area contributed by atoms with Crippen molar-refractivity contribution in [3.8, 4) is 5.75 Å². The Balaban J connectivity index is 0.00000169. The second-order valence-electron chi connectivity index (χ2n) is 2.37. The molecule has 0 saturated heterocycles. The van der Waals surface area contributed by atoms with E-state index in [2.05, 4.69) is 20.9 Å². The zero-order chi connectivity index (χ0) is 9.68. The second-order valence-corrected chi connectivity index (χ2v) is 2.93. The predicted octanol–water partition coefficient (Wildman–Crippen LogP) is 2.64. The lowest BCUT2D eigenvalue weighted by Crippen LogP contribution is -2.03. The molecular formula is C9H11Br2NO2. The molecule has 5 heteroatoms. The summed E-state index contributed by atoms with van der Waals surface area (Å²) >= 11 is 3.08. The van der Waals surface area contributed by atoms with Crippen LogP contribution in [0.25, 0.3) is 0 Å². The first-order chi connectivity index (χ1) is 6.27. The van der Waals surface area contributed by atoms with Crippen LogP contribution in [-0.2, 0) is 0 Å². The smallest absolute Gasteiger partial charge is 0.191 e. The van der Waals surface area contributed by atoms with Gasteiger partial charge in [0, 0.05) is 0 Å². The third-order valence-electron chi connectivity index (χ3n) is 1.45. The Labute approximate surface area is 102 Å². The molecule has 0 N–H and O–H groups in total. The maximum atomic E-state index is 11.1. The lowest BCUT2D eigenvalue weighted by atomic mass is 10.3. The lowest BCUT2D eigenvalue weighted by Gasteiger charge is -2.01. The number of nitrogens with zero attached hydrogens (tertiary/aromatic N) is 1. The summed E-state index contributed by atoms with van der Waals surface area (Å²) in [5.41, 5.74) is 0.459. The van der Waals surface area contributed by atoms with Gasteiger partial charge in [-0.2, -0.15) is 0 Å². The molecular weight excluding hydrogens is 314 g/mol. The number of ketones is 1. The number of pyridine rings is 1. The predicted molar refractivity (Wildman–Crippen MR) is 63.9 cm³/mol. The van der Waals surface area contributed by atoms with E-state index < -0.39 is 0 Å². The highest BCUT2D eigenvalue weighted by atomic mass is 79.9. The molecule has 1 heterocycles. The summed E-state index contributed by atoms with van der Waals surface area (Å²) in [5.74, 6) is 0.664. The van der Waals surface area contributed by atoms with Gasteiger partial charge in [-0.05, 0) is 19.1 Å². The summed E-state index contributed by atoms with van der Waals surface area (Å²) in [7, 11) is 0. The van der Waals surface area contributed by atoms with Crippen LogP contribution >= 0.6 is 32.9 Å². The molecule has 14 heavy (non-hydrogen) atoms. The molecule has 0 bridgehead atoms.